The average Bonchev–Trinajstić information content (AvgIpc) is 3.13. The third-order valence-electron chi connectivity index (χ3n) is 6.97. The van der Waals surface area contributed by atoms with Crippen molar-refractivity contribution in [3.63, 3.8) is 0 Å². The van der Waals surface area contributed by atoms with Gasteiger partial charge in [0, 0.05) is 19.2 Å². The number of amides is 2. The Kier molecular flexibility index (Phi) is 6.56. The van der Waals surface area contributed by atoms with Crippen LogP contribution in [0.3, 0.4) is 0 Å². The first kappa shape index (κ1) is 22.8. The molecule has 2 amide bonds. The van der Waals surface area contributed by atoms with Gasteiger partial charge in [0.15, 0.2) is 5.82 Å². The fourth-order valence-corrected chi connectivity index (χ4v) is 4.97. The Morgan fingerprint density at radius 3 is 2.69 bits per heavy atom. The van der Waals surface area contributed by atoms with Crippen LogP contribution in [-0.2, 0) is 16.1 Å². The SMILES string of the molecule is CC1CCC(NC(=O)[C@]2(C)Cn3c(nc4ccccc43)C(=O)N2CCCOC(C)C)CC1. The number of fused-ring (bicyclic) bond motifs is 3. The van der Waals surface area contributed by atoms with Crippen molar-refractivity contribution in [1.82, 2.24) is 19.8 Å². The van der Waals surface area contributed by atoms with Gasteiger partial charge in [0.25, 0.3) is 5.91 Å². The molecule has 1 aromatic carbocycles. The summed E-state index contributed by atoms with van der Waals surface area (Å²) in [6.07, 6.45) is 5.07. The second-order valence-corrected chi connectivity index (χ2v) is 9.94. The molecule has 0 spiro atoms. The van der Waals surface area contributed by atoms with Crippen molar-refractivity contribution in [3.8, 4) is 0 Å². The van der Waals surface area contributed by atoms with Crippen LogP contribution in [0.4, 0.5) is 0 Å². The van der Waals surface area contributed by atoms with E-state index >= 15 is 0 Å². The van der Waals surface area contributed by atoms with Gasteiger partial charge in [-0.15, -0.1) is 0 Å². The topological polar surface area (TPSA) is 76.5 Å². The van der Waals surface area contributed by atoms with Gasteiger partial charge in [-0.05, 0) is 70.9 Å². The van der Waals surface area contributed by atoms with Gasteiger partial charge in [-0.25, -0.2) is 4.98 Å². The number of benzene rings is 1. The lowest BCUT2D eigenvalue weighted by atomic mass is 9.86. The Morgan fingerprint density at radius 1 is 1.25 bits per heavy atom. The molecule has 1 saturated carbocycles. The van der Waals surface area contributed by atoms with Crippen molar-refractivity contribution in [3.05, 3.63) is 30.1 Å². The molecule has 32 heavy (non-hydrogen) atoms. The maximum absolute atomic E-state index is 13.7. The van der Waals surface area contributed by atoms with Gasteiger partial charge in [-0.2, -0.15) is 0 Å². The standard InChI is InChI=1S/C25H36N4O3/c1-17(2)32-15-7-14-29-23(30)22-27-20-8-5-6-9-21(20)28(22)16-25(29,4)24(31)26-19-12-10-18(3)11-13-19/h5-6,8-9,17-19H,7,10-16H2,1-4H3,(H,26,31)/t18?,19?,25-/m0/s1. The number of carbonyl (C=O) groups excluding carboxylic acids is 2. The predicted molar refractivity (Wildman–Crippen MR) is 124 cm³/mol. The average molecular weight is 441 g/mol. The van der Waals surface area contributed by atoms with E-state index in [1.54, 1.807) is 4.90 Å². The number of hydrogen-bond donors (Lipinski definition) is 1. The second-order valence-electron chi connectivity index (χ2n) is 9.94. The van der Waals surface area contributed by atoms with Gasteiger partial charge in [0.05, 0.1) is 23.7 Å². The molecule has 174 valence electrons. The van der Waals surface area contributed by atoms with Crippen LogP contribution in [0.1, 0.15) is 70.4 Å². The van der Waals surface area contributed by atoms with Crippen LogP contribution in [0, 0.1) is 5.92 Å². The van der Waals surface area contributed by atoms with E-state index in [1.165, 1.54) is 0 Å². The van der Waals surface area contributed by atoms with Crippen molar-refractivity contribution < 1.29 is 14.3 Å². The molecule has 7 heteroatoms. The minimum Gasteiger partial charge on any atom is -0.379 e. The molecule has 1 aliphatic carbocycles. The second kappa shape index (κ2) is 9.22. The van der Waals surface area contributed by atoms with E-state index in [0.29, 0.717) is 37.9 Å². The first-order valence-electron chi connectivity index (χ1n) is 12.0. The number of ether oxygens (including phenoxy) is 1. The minimum absolute atomic E-state index is 0.0707. The van der Waals surface area contributed by atoms with Gasteiger partial charge in [-0.3, -0.25) is 9.59 Å². The molecule has 7 nitrogen and oxygen atoms in total. The normalized spacial score (nSPS) is 25.9. The Bertz CT molecular complexity index is 977. The van der Waals surface area contributed by atoms with Crippen molar-refractivity contribution in [1.29, 1.82) is 0 Å². The molecular formula is C25H36N4O3. The Morgan fingerprint density at radius 2 is 1.97 bits per heavy atom. The van der Waals surface area contributed by atoms with Gasteiger partial charge in [0.2, 0.25) is 5.91 Å². The molecule has 0 unspecified atom stereocenters. The summed E-state index contributed by atoms with van der Waals surface area (Å²) in [7, 11) is 0. The monoisotopic (exact) mass is 440 g/mol. The maximum Gasteiger partial charge on any atom is 0.290 e. The molecule has 4 rings (SSSR count). The smallest absolute Gasteiger partial charge is 0.290 e. The molecular weight excluding hydrogens is 404 g/mol. The summed E-state index contributed by atoms with van der Waals surface area (Å²) in [4.78, 5) is 33.6. The van der Waals surface area contributed by atoms with Gasteiger partial charge in [0.1, 0.15) is 5.54 Å². The Labute approximate surface area is 190 Å². The van der Waals surface area contributed by atoms with E-state index in [2.05, 4.69) is 17.2 Å². The number of nitrogens with one attached hydrogen (secondary N) is 1. The van der Waals surface area contributed by atoms with E-state index in [9.17, 15) is 9.59 Å². The van der Waals surface area contributed by atoms with E-state index in [4.69, 9.17) is 4.74 Å². The summed E-state index contributed by atoms with van der Waals surface area (Å²) in [6, 6.07) is 7.92. The highest BCUT2D eigenvalue weighted by Gasteiger charge is 2.48. The number of aromatic nitrogens is 2. The summed E-state index contributed by atoms with van der Waals surface area (Å²) in [5.74, 6) is 0.866. The van der Waals surface area contributed by atoms with Crippen LogP contribution in [-0.4, -0.2) is 57.1 Å². The van der Waals surface area contributed by atoms with Gasteiger partial charge >= 0.3 is 0 Å². The number of nitrogens with zero attached hydrogens (tertiary/aromatic N) is 3. The number of imidazole rings is 1. The van der Waals surface area contributed by atoms with Crippen LogP contribution in [0.15, 0.2) is 24.3 Å². The van der Waals surface area contributed by atoms with E-state index in [-0.39, 0.29) is 24.0 Å². The zero-order chi connectivity index (χ0) is 22.9. The maximum atomic E-state index is 13.7. The number of rotatable bonds is 7. The molecule has 1 N–H and O–H groups in total. The molecule has 2 aromatic rings. The first-order chi connectivity index (χ1) is 15.3. The fourth-order valence-electron chi connectivity index (χ4n) is 4.97. The molecule has 1 aromatic heterocycles. The zero-order valence-corrected chi connectivity index (χ0v) is 19.8. The van der Waals surface area contributed by atoms with Crippen molar-refractivity contribution in [2.75, 3.05) is 13.2 Å². The first-order valence-corrected chi connectivity index (χ1v) is 12.0. The highest BCUT2D eigenvalue weighted by atomic mass is 16.5. The quantitative estimate of drug-likeness (QED) is 0.665. The Hall–Kier alpha value is -2.41. The summed E-state index contributed by atoms with van der Waals surface area (Å²) in [6.45, 7) is 9.57. The summed E-state index contributed by atoms with van der Waals surface area (Å²) in [5, 5.41) is 3.28. The molecule has 2 aliphatic rings. The van der Waals surface area contributed by atoms with Crippen LogP contribution in [0.25, 0.3) is 11.0 Å². The lowest BCUT2D eigenvalue weighted by molar-refractivity contribution is -0.134. The largest absolute Gasteiger partial charge is 0.379 e. The van der Waals surface area contributed by atoms with Crippen molar-refractivity contribution in [2.24, 2.45) is 5.92 Å². The predicted octanol–water partition coefficient (Wildman–Crippen LogP) is 3.76. The van der Waals surface area contributed by atoms with E-state index in [0.717, 1.165) is 36.7 Å². The Balaban J connectivity index is 1.61. The summed E-state index contributed by atoms with van der Waals surface area (Å²) in [5.41, 5.74) is 0.697. The molecule has 2 heterocycles. The number of para-hydroxylation sites is 2. The van der Waals surface area contributed by atoms with Crippen LogP contribution < -0.4 is 5.32 Å². The highest BCUT2D eigenvalue weighted by molar-refractivity contribution is 6.01. The third-order valence-corrected chi connectivity index (χ3v) is 6.97. The molecule has 1 fully saturated rings. The van der Waals surface area contributed by atoms with E-state index < -0.39 is 5.54 Å². The highest BCUT2D eigenvalue weighted by Crippen LogP contribution is 2.32. The lowest BCUT2D eigenvalue weighted by Gasteiger charge is -2.44. The molecule has 0 radical (unpaired) electrons. The number of carbonyl (C=O) groups is 2. The fraction of sp³-hybridized carbons (Fsp3) is 0.640. The molecule has 0 bridgehead atoms. The number of hydrogen-bond acceptors (Lipinski definition) is 4. The summed E-state index contributed by atoms with van der Waals surface area (Å²) < 4.78 is 7.60. The van der Waals surface area contributed by atoms with Gasteiger partial charge in [-0.1, -0.05) is 19.1 Å². The molecule has 1 atom stereocenters. The zero-order valence-electron chi connectivity index (χ0n) is 19.8. The molecule has 1 aliphatic heterocycles. The minimum atomic E-state index is -0.978. The van der Waals surface area contributed by atoms with Crippen molar-refractivity contribution in [2.45, 2.75) is 84.0 Å². The van der Waals surface area contributed by atoms with Gasteiger partial charge < -0.3 is 19.5 Å². The van der Waals surface area contributed by atoms with Crippen LogP contribution in [0.2, 0.25) is 0 Å². The van der Waals surface area contributed by atoms with Crippen LogP contribution in [0.5, 0.6) is 0 Å². The van der Waals surface area contributed by atoms with Crippen LogP contribution >= 0.6 is 0 Å². The lowest BCUT2D eigenvalue weighted by Crippen LogP contribution is -2.65. The third kappa shape index (κ3) is 4.40. The molecule has 0 saturated heterocycles. The van der Waals surface area contributed by atoms with E-state index in [1.807, 2.05) is 49.6 Å². The summed E-state index contributed by atoms with van der Waals surface area (Å²) >= 11 is 0. The van der Waals surface area contributed by atoms with Crippen molar-refractivity contribution >= 4 is 22.8 Å².